The highest BCUT2D eigenvalue weighted by Gasteiger charge is 2.23. The Morgan fingerprint density at radius 3 is 2.80 bits per heavy atom. The number of rotatable bonds is 4. The first-order valence-electron chi connectivity index (χ1n) is 7.30. The number of halogens is 1. The molecule has 1 unspecified atom stereocenters. The summed E-state index contributed by atoms with van der Waals surface area (Å²) < 4.78 is 19.0. The minimum atomic E-state index is -0.178. The Labute approximate surface area is 119 Å². The average Bonchev–Trinajstić information content (AvgIpc) is 2.48. The molecule has 0 bridgehead atoms. The van der Waals surface area contributed by atoms with E-state index in [0.29, 0.717) is 18.6 Å². The number of carbonyl (C=O) groups is 1. The van der Waals surface area contributed by atoms with Gasteiger partial charge in [0.25, 0.3) is 0 Å². The molecule has 0 aliphatic heterocycles. The van der Waals surface area contributed by atoms with Crippen LogP contribution in [-0.4, -0.2) is 12.6 Å². The summed E-state index contributed by atoms with van der Waals surface area (Å²) >= 11 is 0. The zero-order chi connectivity index (χ0) is 14.5. The Hall–Kier alpha value is -1.64. The van der Waals surface area contributed by atoms with Crippen LogP contribution >= 0.6 is 0 Å². The van der Waals surface area contributed by atoms with Gasteiger partial charge in [-0.1, -0.05) is 19.1 Å². The van der Waals surface area contributed by atoms with E-state index in [-0.39, 0.29) is 17.7 Å². The number of ether oxygens (including phenoxy) is 1. The number of aryl methyl sites for hydroxylation is 1. The maximum Gasteiger partial charge on any atom is 0.309 e. The predicted octanol–water partition coefficient (Wildman–Crippen LogP) is 4.13. The SMILES string of the molecule is CCOC(=O)C1CC=C(c2cc(CC)ccc2F)CC1. The molecule has 2 rings (SSSR count). The Balaban J connectivity index is 2.14. The minimum Gasteiger partial charge on any atom is -0.466 e. The fourth-order valence-corrected chi connectivity index (χ4v) is 2.59. The molecule has 1 aliphatic rings. The lowest BCUT2D eigenvalue weighted by Crippen LogP contribution is -2.19. The van der Waals surface area contributed by atoms with Crippen molar-refractivity contribution in [3.05, 3.63) is 41.2 Å². The lowest BCUT2D eigenvalue weighted by molar-refractivity contribution is -0.148. The maximum absolute atomic E-state index is 13.9. The highest BCUT2D eigenvalue weighted by molar-refractivity contribution is 5.75. The van der Waals surface area contributed by atoms with E-state index >= 15 is 0 Å². The van der Waals surface area contributed by atoms with Crippen LogP contribution in [0, 0.1) is 11.7 Å². The van der Waals surface area contributed by atoms with Crippen molar-refractivity contribution in [3.8, 4) is 0 Å². The van der Waals surface area contributed by atoms with Crippen molar-refractivity contribution in [1.82, 2.24) is 0 Å². The quantitative estimate of drug-likeness (QED) is 0.773. The molecule has 0 fully saturated rings. The molecule has 20 heavy (non-hydrogen) atoms. The van der Waals surface area contributed by atoms with Gasteiger partial charge >= 0.3 is 5.97 Å². The van der Waals surface area contributed by atoms with Crippen molar-refractivity contribution in [2.45, 2.75) is 39.5 Å². The zero-order valence-electron chi connectivity index (χ0n) is 12.1. The smallest absolute Gasteiger partial charge is 0.309 e. The van der Waals surface area contributed by atoms with E-state index in [1.165, 1.54) is 6.07 Å². The van der Waals surface area contributed by atoms with Crippen molar-refractivity contribution in [2.24, 2.45) is 5.92 Å². The van der Waals surface area contributed by atoms with Crippen molar-refractivity contribution in [1.29, 1.82) is 0 Å². The van der Waals surface area contributed by atoms with Crippen LogP contribution in [0.15, 0.2) is 24.3 Å². The van der Waals surface area contributed by atoms with Crippen molar-refractivity contribution in [2.75, 3.05) is 6.61 Å². The standard InChI is InChI=1S/C17H21FO2/c1-3-12-5-10-16(18)15(11-12)13-6-8-14(9-7-13)17(19)20-4-2/h5-6,10-11,14H,3-4,7-9H2,1-2H3. The van der Waals surface area contributed by atoms with Gasteiger partial charge in [-0.25, -0.2) is 4.39 Å². The van der Waals surface area contributed by atoms with Crippen LogP contribution in [0.4, 0.5) is 4.39 Å². The molecule has 1 atom stereocenters. The Morgan fingerprint density at radius 2 is 2.20 bits per heavy atom. The summed E-state index contributed by atoms with van der Waals surface area (Å²) in [4.78, 5) is 11.7. The summed E-state index contributed by atoms with van der Waals surface area (Å²) in [7, 11) is 0. The van der Waals surface area contributed by atoms with Crippen LogP contribution in [0.1, 0.15) is 44.2 Å². The molecule has 0 radical (unpaired) electrons. The summed E-state index contributed by atoms with van der Waals surface area (Å²) in [6, 6.07) is 5.28. The first-order chi connectivity index (χ1) is 9.65. The molecule has 0 amide bonds. The third-order valence-electron chi connectivity index (χ3n) is 3.82. The lowest BCUT2D eigenvalue weighted by Gasteiger charge is -2.21. The number of hydrogen-bond donors (Lipinski definition) is 0. The highest BCUT2D eigenvalue weighted by atomic mass is 19.1. The third-order valence-corrected chi connectivity index (χ3v) is 3.82. The fraction of sp³-hybridized carbons (Fsp3) is 0.471. The second-order valence-corrected chi connectivity index (χ2v) is 5.12. The minimum absolute atomic E-state index is 0.0730. The predicted molar refractivity (Wildman–Crippen MR) is 77.7 cm³/mol. The van der Waals surface area contributed by atoms with Crippen molar-refractivity contribution < 1.29 is 13.9 Å². The number of hydrogen-bond acceptors (Lipinski definition) is 2. The van der Waals surface area contributed by atoms with Gasteiger partial charge < -0.3 is 4.74 Å². The molecule has 2 nitrogen and oxygen atoms in total. The molecule has 0 spiro atoms. The van der Waals surface area contributed by atoms with Gasteiger partial charge in [0.05, 0.1) is 12.5 Å². The van der Waals surface area contributed by atoms with E-state index in [2.05, 4.69) is 6.92 Å². The molecule has 0 N–H and O–H groups in total. The normalized spacial score (nSPS) is 18.6. The molecule has 0 saturated carbocycles. The first kappa shape index (κ1) is 14.8. The van der Waals surface area contributed by atoms with Gasteiger partial charge in [-0.3, -0.25) is 4.79 Å². The summed E-state index contributed by atoms with van der Waals surface area (Å²) in [6.07, 6.45) is 4.99. The van der Waals surface area contributed by atoms with Gasteiger partial charge in [0, 0.05) is 5.56 Å². The van der Waals surface area contributed by atoms with E-state index in [4.69, 9.17) is 4.74 Å². The molecule has 108 valence electrons. The topological polar surface area (TPSA) is 26.3 Å². The zero-order valence-corrected chi connectivity index (χ0v) is 12.1. The van der Waals surface area contributed by atoms with E-state index < -0.39 is 0 Å². The molecule has 0 heterocycles. The average molecular weight is 276 g/mol. The molecule has 1 aliphatic carbocycles. The van der Waals surface area contributed by atoms with E-state index in [0.717, 1.165) is 30.4 Å². The first-order valence-corrected chi connectivity index (χ1v) is 7.30. The van der Waals surface area contributed by atoms with Gasteiger partial charge in [0.2, 0.25) is 0 Å². The van der Waals surface area contributed by atoms with Crippen LogP contribution in [0.25, 0.3) is 5.57 Å². The monoisotopic (exact) mass is 276 g/mol. The van der Waals surface area contributed by atoms with Crippen LogP contribution in [0.3, 0.4) is 0 Å². The van der Waals surface area contributed by atoms with Crippen molar-refractivity contribution >= 4 is 11.5 Å². The van der Waals surface area contributed by atoms with Crippen LogP contribution in [0.5, 0.6) is 0 Å². The Bertz CT molecular complexity index is 520. The van der Waals surface area contributed by atoms with Crippen LogP contribution in [-0.2, 0) is 16.0 Å². The van der Waals surface area contributed by atoms with Crippen molar-refractivity contribution in [3.63, 3.8) is 0 Å². The van der Waals surface area contributed by atoms with Gasteiger partial charge in [-0.05, 0) is 55.9 Å². The largest absolute Gasteiger partial charge is 0.466 e. The number of carbonyl (C=O) groups excluding carboxylic acids is 1. The van der Waals surface area contributed by atoms with E-state index in [1.807, 2.05) is 25.1 Å². The summed E-state index contributed by atoms with van der Waals surface area (Å²) in [5, 5.41) is 0. The second-order valence-electron chi connectivity index (χ2n) is 5.12. The molecule has 0 aromatic heterocycles. The molecular weight excluding hydrogens is 255 g/mol. The highest BCUT2D eigenvalue weighted by Crippen LogP contribution is 2.32. The third kappa shape index (κ3) is 3.27. The van der Waals surface area contributed by atoms with Gasteiger partial charge in [-0.2, -0.15) is 0 Å². The molecular formula is C17H21FO2. The maximum atomic E-state index is 13.9. The van der Waals surface area contributed by atoms with Crippen LogP contribution in [0.2, 0.25) is 0 Å². The number of esters is 1. The molecule has 3 heteroatoms. The molecule has 0 saturated heterocycles. The van der Waals surface area contributed by atoms with E-state index in [1.54, 1.807) is 0 Å². The van der Waals surface area contributed by atoms with Gasteiger partial charge in [0.15, 0.2) is 0 Å². The number of allylic oxidation sites excluding steroid dienone is 2. The summed E-state index contributed by atoms with van der Waals surface area (Å²) in [5.41, 5.74) is 2.83. The van der Waals surface area contributed by atoms with E-state index in [9.17, 15) is 9.18 Å². The summed E-state index contributed by atoms with van der Waals surface area (Å²) in [6.45, 7) is 4.29. The Morgan fingerprint density at radius 1 is 1.40 bits per heavy atom. The molecule has 1 aromatic rings. The number of benzene rings is 1. The lowest BCUT2D eigenvalue weighted by atomic mass is 9.86. The van der Waals surface area contributed by atoms with Gasteiger partial charge in [0.1, 0.15) is 5.82 Å². The fourth-order valence-electron chi connectivity index (χ4n) is 2.59. The molecule has 1 aromatic carbocycles. The summed E-state index contributed by atoms with van der Waals surface area (Å²) in [5.74, 6) is -0.385. The Kier molecular flexibility index (Phi) is 4.94. The van der Waals surface area contributed by atoms with Crippen LogP contribution < -0.4 is 0 Å². The van der Waals surface area contributed by atoms with Gasteiger partial charge in [-0.15, -0.1) is 0 Å². The second kappa shape index (κ2) is 6.69.